The molecule has 7 nitrogen and oxygen atoms in total. The number of piperidine rings is 1. The molecule has 1 aromatic carbocycles. The number of nitrogens with zero attached hydrogens (tertiary/aromatic N) is 3. The summed E-state index contributed by atoms with van der Waals surface area (Å²) in [6.07, 6.45) is 2.56. The summed E-state index contributed by atoms with van der Waals surface area (Å²) in [7, 11) is -0.358. The molecule has 1 aromatic rings. The molecule has 3 rings (SSSR count). The number of urea groups is 1. The van der Waals surface area contributed by atoms with Crippen LogP contribution in [0.25, 0.3) is 0 Å². The molecular weight excluding hydrogens is 364 g/mol. The fourth-order valence-electron chi connectivity index (χ4n) is 3.80. The SMILES string of the molecule is Cc1cccc(CC2CN(C(=O)N[C@@H]3CCCN(S(=O)(=O)N(C)C)C3)C2)c1. The van der Waals surface area contributed by atoms with Crippen LogP contribution in [-0.2, 0) is 16.6 Å². The van der Waals surface area contributed by atoms with Gasteiger partial charge in [-0.2, -0.15) is 17.0 Å². The van der Waals surface area contributed by atoms with Crippen LogP contribution in [0.2, 0.25) is 0 Å². The van der Waals surface area contributed by atoms with Gasteiger partial charge in [-0.15, -0.1) is 0 Å². The smallest absolute Gasteiger partial charge is 0.317 e. The van der Waals surface area contributed by atoms with Crippen molar-refractivity contribution in [3.63, 3.8) is 0 Å². The van der Waals surface area contributed by atoms with Gasteiger partial charge in [0.15, 0.2) is 0 Å². The van der Waals surface area contributed by atoms with E-state index in [9.17, 15) is 13.2 Å². The second kappa shape index (κ2) is 8.16. The van der Waals surface area contributed by atoms with E-state index in [2.05, 4.69) is 36.5 Å². The molecule has 0 aromatic heterocycles. The van der Waals surface area contributed by atoms with Crippen molar-refractivity contribution in [2.75, 3.05) is 40.3 Å². The van der Waals surface area contributed by atoms with E-state index in [1.807, 2.05) is 4.90 Å². The molecule has 8 heteroatoms. The first-order chi connectivity index (χ1) is 12.8. The Morgan fingerprint density at radius 1 is 1.26 bits per heavy atom. The number of rotatable bonds is 5. The number of hydrogen-bond donors (Lipinski definition) is 1. The number of carbonyl (C=O) groups is 1. The Labute approximate surface area is 162 Å². The van der Waals surface area contributed by atoms with Crippen molar-refractivity contribution in [2.24, 2.45) is 5.92 Å². The third-order valence-electron chi connectivity index (χ3n) is 5.35. The van der Waals surface area contributed by atoms with E-state index in [0.717, 1.165) is 32.4 Å². The van der Waals surface area contributed by atoms with Crippen LogP contribution in [0.15, 0.2) is 24.3 Å². The summed E-state index contributed by atoms with van der Waals surface area (Å²) < 4.78 is 27.3. The summed E-state index contributed by atoms with van der Waals surface area (Å²) in [4.78, 5) is 14.3. The third-order valence-corrected chi connectivity index (χ3v) is 7.26. The van der Waals surface area contributed by atoms with Crippen molar-refractivity contribution in [3.8, 4) is 0 Å². The van der Waals surface area contributed by atoms with Gasteiger partial charge in [-0.1, -0.05) is 29.8 Å². The summed E-state index contributed by atoms with van der Waals surface area (Å²) in [5.74, 6) is 0.495. The first-order valence-electron chi connectivity index (χ1n) is 9.54. The van der Waals surface area contributed by atoms with Gasteiger partial charge >= 0.3 is 6.03 Å². The quantitative estimate of drug-likeness (QED) is 0.822. The van der Waals surface area contributed by atoms with E-state index in [1.54, 1.807) is 0 Å². The highest BCUT2D eigenvalue weighted by Crippen LogP contribution is 2.22. The Hall–Kier alpha value is -1.64. The van der Waals surface area contributed by atoms with Gasteiger partial charge in [0.1, 0.15) is 0 Å². The summed E-state index contributed by atoms with van der Waals surface area (Å²) in [6, 6.07) is 8.29. The Morgan fingerprint density at radius 2 is 2.00 bits per heavy atom. The minimum Gasteiger partial charge on any atom is -0.334 e. The van der Waals surface area contributed by atoms with Gasteiger partial charge in [-0.25, -0.2) is 4.79 Å². The molecule has 0 unspecified atom stereocenters. The second-order valence-electron chi connectivity index (χ2n) is 7.90. The number of hydrogen-bond acceptors (Lipinski definition) is 3. The predicted octanol–water partition coefficient (Wildman–Crippen LogP) is 1.45. The lowest BCUT2D eigenvalue weighted by Gasteiger charge is -2.41. The lowest BCUT2D eigenvalue weighted by atomic mass is 9.92. The monoisotopic (exact) mass is 394 g/mol. The summed E-state index contributed by atoms with van der Waals surface area (Å²) in [6.45, 7) is 4.45. The maximum atomic E-state index is 12.5. The summed E-state index contributed by atoms with van der Waals surface area (Å²) in [5, 5.41) is 3.02. The van der Waals surface area contributed by atoms with Crippen LogP contribution in [0.4, 0.5) is 4.79 Å². The maximum absolute atomic E-state index is 12.5. The highest BCUT2D eigenvalue weighted by molar-refractivity contribution is 7.86. The minimum absolute atomic E-state index is 0.0791. The van der Waals surface area contributed by atoms with Crippen molar-refractivity contribution >= 4 is 16.2 Å². The van der Waals surface area contributed by atoms with E-state index in [0.29, 0.717) is 19.0 Å². The zero-order valence-electron chi connectivity index (χ0n) is 16.4. The molecule has 0 radical (unpaired) electrons. The molecule has 150 valence electrons. The van der Waals surface area contributed by atoms with E-state index >= 15 is 0 Å². The Morgan fingerprint density at radius 3 is 2.67 bits per heavy atom. The van der Waals surface area contributed by atoms with Crippen LogP contribution in [0, 0.1) is 12.8 Å². The molecular formula is C19H30N4O3S. The number of nitrogens with one attached hydrogen (secondary N) is 1. The normalized spacial score (nSPS) is 21.9. The fourth-order valence-corrected chi connectivity index (χ4v) is 4.99. The van der Waals surface area contributed by atoms with E-state index in [1.165, 1.54) is 33.8 Å². The van der Waals surface area contributed by atoms with Gasteiger partial charge in [0.2, 0.25) is 0 Å². The van der Waals surface area contributed by atoms with Gasteiger partial charge < -0.3 is 10.2 Å². The Kier molecular flexibility index (Phi) is 6.08. The Balaban J connectivity index is 1.46. The summed E-state index contributed by atoms with van der Waals surface area (Å²) in [5.41, 5.74) is 2.58. The highest BCUT2D eigenvalue weighted by Gasteiger charge is 2.34. The maximum Gasteiger partial charge on any atom is 0.317 e. The number of amides is 2. The molecule has 0 aliphatic carbocycles. The molecule has 2 aliphatic heterocycles. The molecule has 27 heavy (non-hydrogen) atoms. The van der Waals surface area contributed by atoms with Crippen molar-refractivity contribution in [2.45, 2.75) is 32.2 Å². The molecule has 0 bridgehead atoms. The first kappa shape index (κ1) is 20.1. The molecule has 0 spiro atoms. The van der Waals surface area contributed by atoms with E-state index in [-0.39, 0.29) is 12.1 Å². The number of benzene rings is 1. The van der Waals surface area contributed by atoms with Gasteiger partial charge in [0, 0.05) is 46.3 Å². The van der Waals surface area contributed by atoms with Crippen LogP contribution in [0.3, 0.4) is 0 Å². The zero-order chi connectivity index (χ0) is 19.6. The van der Waals surface area contributed by atoms with Crippen molar-refractivity contribution in [1.82, 2.24) is 18.8 Å². The third kappa shape index (κ3) is 4.80. The highest BCUT2D eigenvalue weighted by atomic mass is 32.2. The minimum atomic E-state index is -3.43. The number of likely N-dealkylation sites (tertiary alicyclic amines) is 1. The van der Waals surface area contributed by atoms with E-state index < -0.39 is 10.2 Å². The molecule has 2 fully saturated rings. The molecule has 2 aliphatic rings. The molecule has 0 saturated carbocycles. The van der Waals surface area contributed by atoms with Crippen molar-refractivity contribution < 1.29 is 13.2 Å². The van der Waals surface area contributed by atoms with Gasteiger partial charge in [-0.05, 0) is 37.7 Å². The average Bonchev–Trinajstić information content (AvgIpc) is 2.57. The molecule has 2 amide bonds. The largest absolute Gasteiger partial charge is 0.334 e. The molecule has 2 saturated heterocycles. The van der Waals surface area contributed by atoms with Gasteiger partial charge in [0.05, 0.1) is 0 Å². The fraction of sp³-hybridized carbons (Fsp3) is 0.632. The zero-order valence-corrected chi connectivity index (χ0v) is 17.2. The number of carbonyl (C=O) groups excluding carboxylic acids is 1. The van der Waals surface area contributed by atoms with Crippen molar-refractivity contribution in [3.05, 3.63) is 35.4 Å². The van der Waals surface area contributed by atoms with Crippen LogP contribution in [0.5, 0.6) is 0 Å². The first-order valence-corrected chi connectivity index (χ1v) is 10.9. The number of aryl methyl sites for hydroxylation is 1. The Bertz CT molecular complexity index is 775. The van der Waals surface area contributed by atoms with E-state index in [4.69, 9.17) is 0 Å². The predicted molar refractivity (Wildman–Crippen MR) is 106 cm³/mol. The summed E-state index contributed by atoms with van der Waals surface area (Å²) >= 11 is 0. The van der Waals surface area contributed by atoms with Crippen LogP contribution in [-0.4, -0.2) is 74.3 Å². The molecule has 2 heterocycles. The average molecular weight is 395 g/mol. The lowest BCUT2D eigenvalue weighted by molar-refractivity contribution is 0.115. The van der Waals surface area contributed by atoms with Crippen LogP contribution >= 0.6 is 0 Å². The standard InChI is InChI=1S/C19H30N4O3S/c1-15-6-4-7-16(10-15)11-17-12-22(13-17)19(24)20-18-8-5-9-23(14-18)27(25,26)21(2)3/h4,6-7,10,17-18H,5,8-9,11-14H2,1-3H3,(H,20,24)/t18-/m1/s1. The molecule has 1 N–H and O–H groups in total. The van der Waals surface area contributed by atoms with Crippen molar-refractivity contribution in [1.29, 1.82) is 0 Å². The van der Waals surface area contributed by atoms with Gasteiger partial charge in [0.25, 0.3) is 10.2 Å². The second-order valence-corrected chi connectivity index (χ2v) is 10.0. The topological polar surface area (TPSA) is 73.0 Å². The van der Waals surface area contributed by atoms with Crippen LogP contribution in [0.1, 0.15) is 24.0 Å². The lowest BCUT2D eigenvalue weighted by Crippen LogP contribution is -2.59. The van der Waals surface area contributed by atoms with Crippen LogP contribution < -0.4 is 5.32 Å². The molecule has 1 atom stereocenters. The van der Waals surface area contributed by atoms with Gasteiger partial charge in [-0.3, -0.25) is 0 Å².